The highest BCUT2D eigenvalue weighted by Gasteiger charge is 2.38. The quantitative estimate of drug-likeness (QED) is 0.516. The fraction of sp³-hybridized carbons (Fsp3) is 0.800. The summed E-state index contributed by atoms with van der Waals surface area (Å²) in [6, 6.07) is 0. The van der Waals surface area contributed by atoms with Gasteiger partial charge in [0, 0.05) is 6.42 Å². The van der Waals surface area contributed by atoms with E-state index < -0.39 is 0 Å². The Bertz CT molecular complexity index is 172. The zero-order valence-corrected chi connectivity index (χ0v) is 7.47. The van der Waals surface area contributed by atoms with Crippen molar-refractivity contribution < 1.29 is 9.47 Å². The molecule has 0 amide bonds. The summed E-state index contributed by atoms with van der Waals surface area (Å²) < 4.78 is 11.4. The van der Waals surface area contributed by atoms with Crippen molar-refractivity contribution in [3.63, 3.8) is 0 Å². The molecule has 0 saturated carbocycles. The number of hydrogen-bond donors (Lipinski definition) is 0. The van der Waals surface area contributed by atoms with Gasteiger partial charge in [0.05, 0.1) is 13.2 Å². The predicted molar refractivity (Wildman–Crippen MR) is 46.9 cm³/mol. The van der Waals surface area contributed by atoms with Gasteiger partial charge in [-0.25, -0.2) is 0 Å². The molecule has 2 fully saturated rings. The summed E-state index contributed by atoms with van der Waals surface area (Å²) in [5, 5.41) is 0. The molecule has 0 aromatic rings. The fourth-order valence-electron chi connectivity index (χ4n) is 1.98. The molecule has 0 N–H and O–H groups in total. The molecule has 0 aromatic carbocycles. The van der Waals surface area contributed by atoms with Crippen LogP contribution < -0.4 is 0 Å². The Kier molecular flexibility index (Phi) is 2.20. The van der Waals surface area contributed by atoms with Gasteiger partial charge in [0.2, 0.25) is 0 Å². The van der Waals surface area contributed by atoms with Crippen molar-refractivity contribution in [3.8, 4) is 0 Å². The SMILES string of the molecule is C=C1CCCO[C@]12CCCCO2. The fourth-order valence-corrected chi connectivity index (χ4v) is 1.98. The Balaban J connectivity index is 2.09. The van der Waals surface area contributed by atoms with E-state index in [4.69, 9.17) is 9.47 Å². The van der Waals surface area contributed by atoms with E-state index in [2.05, 4.69) is 6.58 Å². The van der Waals surface area contributed by atoms with Crippen molar-refractivity contribution in [2.24, 2.45) is 0 Å². The topological polar surface area (TPSA) is 18.5 Å². The van der Waals surface area contributed by atoms with Crippen LogP contribution in [-0.2, 0) is 9.47 Å². The molecule has 12 heavy (non-hydrogen) atoms. The van der Waals surface area contributed by atoms with Crippen LogP contribution in [0.5, 0.6) is 0 Å². The predicted octanol–water partition coefficient (Wildman–Crippen LogP) is 2.25. The molecule has 2 heterocycles. The molecule has 2 heteroatoms. The van der Waals surface area contributed by atoms with Crippen LogP contribution in [0.4, 0.5) is 0 Å². The van der Waals surface area contributed by atoms with E-state index in [0.29, 0.717) is 0 Å². The number of ether oxygens (including phenoxy) is 2. The number of rotatable bonds is 0. The second-order valence-corrected chi connectivity index (χ2v) is 3.61. The van der Waals surface area contributed by atoms with Gasteiger partial charge in [0.1, 0.15) is 0 Å². The third-order valence-electron chi connectivity index (χ3n) is 2.73. The molecule has 0 bridgehead atoms. The van der Waals surface area contributed by atoms with Crippen LogP contribution in [0, 0.1) is 0 Å². The van der Waals surface area contributed by atoms with E-state index in [1.54, 1.807) is 0 Å². The highest BCUT2D eigenvalue weighted by atomic mass is 16.7. The van der Waals surface area contributed by atoms with Gasteiger partial charge in [-0.05, 0) is 31.3 Å². The van der Waals surface area contributed by atoms with Gasteiger partial charge in [-0.15, -0.1) is 0 Å². The lowest BCUT2D eigenvalue weighted by molar-refractivity contribution is -0.241. The molecule has 2 rings (SSSR count). The van der Waals surface area contributed by atoms with Crippen LogP contribution in [-0.4, -0.2) is 19.0 Å². The van der Waals surface area contributed by atoms with Gasteiger partial charge in [-0.3, -0.25) is 0 Å². The molecule has 0 aliphatic carbocycles. The summed E-state index contributed by atoms with van der Waals surface area (Å²) in [5.41, 5.74) is 1.15. The van der Waals surface area contributed by atoms with Gasteiger partial charge in [0.25, 0.3) is 0 Å². The van der Waals surface area contributed by atoms with E-state index in [9.17, 15) is 0 Å². The smallest absolute Gasteiger partial charge is 0.190 e. The Morgan fingerprint density at radius 3 is 2.50 bits per heavy atom. The second-order valence-electron chi connectivity index (χ2n) is 3.61. The van der Waals surface area contributed by atoms with Gasteiger partial charge < -0.3 is 9.47 Å². The summed E-state index contributed by atoms with van der Waals surface area (Å²) in [4.78, 5) is 0. The van der Waals surface area contributed by atoms with Crippen LogP contribution >= 0.6 is 0 Å². The molecule has 1 atom stereocenters. The van der Waals surface area contributed by atoms with Gasteiger partial charge >= 0.3 is 0 Å². The molecule has 0 unspecified atom stereocenters. The molecular formula is C10H16O2. The first kappa shape index (κ1) is 8.27. The zero-order valence-electron chi connectivity index (χ0n) is 7.47. The largest absolute Gasteiger partial charge is 0.346 e. The third kappa shape index (κ3) is 1.29. The highest BCUT2D eigenvalue weighted by molar-refractivity contribution is 5.11. The molecular weight excluding hydrogens is 152 g/mol. The summed E-state index contributed by atoms with van der Waals surface area (Å²) >= 11 is 0. The minimum Gasteiger partial charge on any atom is -0.346 e. The maximum atomic E-state index is 5.70. The maximum absolute atomic E-state index is 5.70. The molecule has 2 saturated heterocycles. The first-order chi connectivity index (χ1) is 5.83. The van der Waals surface area contributed by atoms with Crippen LogP contribution in [0.3, 0.4) is 0 Å². The average Bonchev–Trinajstić information content (AvgIpc) is 2.12. The minimum atomic E-state index is -0.378. The van der Waals surface area contributed by atoms with E-state index >= 15 is 0 Å². The Morgan fingerprint density at radius 1 is 1.08 bits per heavy atom. The molecule has 2 nitrogen and oxygen atoms in total. The third-order valence-corrected chi connectivity index (χ3v) is 2.73. The molecule has 68 valence electrons. The number of hydrogen-bond acceptors (Lipinski definition) is 2. The molecule has 2 aliphatic rings. The summed E-state index contributed by atoms with van der Waals surface area (Å²) in [7, 11) is 0. The van der Waals surface area contributed by atoms with Crippen LogP contribution in [0.1, 0.15) is 32.1 Å². The van der Waals surface area contributed by atoms with Crippen molar-refractivity contribution in [1.82, 2.24) is 0 Å². The van der Waals surface area contributed by atoms with Crippen LogP contribution in [0.15, 0.2) is 12.2 Å². The first-order valence-electron chi connectivity index (χ1n) is 4.80. The van der Waals surface area contributed by atoms with E-state index in [1.165, 1.54) is 12.8 Å². The lowest BCUT2D eigenvalue weighted by atomic mass is 9.93. The second kappa shape index (κ2) is 3.19. The molecule has 2 aliphatic heterocycles. The molecule has 0 radical (unpaired) electrons. The summed E-state index contributed by atoms with van der Waals surface area (Å²) in [5.74, 6) is -0.378. The van der Waals surface area contributed by atoms with Crippen molar-refractivity contribution >= 4 is 0 Å². The zero-order chi connectivity index (χ0) is 8.44. The Morgan fingerprint density at radius 2 is 1.83 bits per heavy atom. The van der Waals surface area contributed by atoms with Crippen molar-refractivity contribution in [2.45, 2.75) is 37.9 Å². The standard InChI is InChI=1S/C10H16O2/c1-9-5-4-8-12-10(9)6-2-3-7-11-10/h1-8H2/t10-/m1/s1. The monoisotopic (exact) mass is 168 g/mol. The molecule has 0 aromatic heterocycles. The highest BCUT2D eigenvalue weighted by Crippen LogP contribution is 2.37. The average molecular weight is 168 g/mol. The normalized spacial score (nSPS) is 37.2. The van der Waals surface area contributed by atoms with Crippen molar-refractivity contribution in [1.29, 1.82) is 0 Å². The van der Waals surface area contributed by atoms with Crippen molar-refractivity contribution in [2.75, 3.05) is 13.2 Å². The van der Waals surface area contributed by atoms with E-state index in [1.807, 2.05) is 0 Å². The minimum absolute atomic E-state index is 0.378. The lowest BCUT2D eigenvalue weighted by Gasteiger charge is -2.41. The van der Waals surface area contributed by atoms with Gasteiger partial charge in [0.15, 0.2) is 5.79 Å². The molecule has 1 spiro atoms. The Labute approximate surface area is 73.5 Å². The van der Waals surface area contributed by atoms with Crippen molar-refractivity contribution in [3.05, 3.63) is 12.2 Å². The van der Waals surface area contributed by atoms with Crippen LogP contribution in [0.25, 0.3) is 0 Å². The first-order valence-corrected chi connectivity index (χ1v) is 4.80. The summed E-state index contributed by atoms with van der Waals surface area (Å²) in [6.07, 6.45) is 5.55. The van der Waals surface area contributed by atoms with Crippen LogP contribution in [0.2, 0.25) is 0 Å². The maximum Gasteiger partial charge on any atom is 0.190 e. The van der Waals surface area contributed by atoms with E-state index in [0.717, 1.165) is 38.0 Å². The summed E-state index contributed by atoms with van der Waals surface area (Å²) in [6.45, 7) is 5.71. The lowest BCUT2D eigenvalue weighted by Crippen LogP contribution is -2.43. The Hall–Kier alpha value is -0.340. The van der Waals surface area contributed by atoms with E-state index in [-0.39, 0.29) is 5.79 Å². The van der Waals surface area contributed by atoms with Gasteiger partial charge in [-0.2, -0.15) is 0 Å². The van der Waals surface area contributed by atoms with Gasteiger partial charge in [-0.1, -0.05) is 6.58 Å².